The van der Waals surface area contributed by atoms with Gasteiger partial charge in [-0.25, -0.2) is 10.2 Å². The summed E-state index contributed by atoms with van der Waals surface area (Å²) in [6.07, 6.45) is -0.594. The number of benzene rings is 1. The van der Waals surface area contributed by atoms with Crippen LogP contribution in [-0.2, 0) is 19.1 Å². The topological polar surface area (TPSA) is 96.9 Å². The van der Waals surface area contributed by atoms with Gasteiger partial charge in [0.1, 0.15) is 5.71 Å². The summed E-state index contributed by atoms with van der Waals surface area (Å²) in [5.41, 5.74) is 6.05. The van der Waals surface area contributed by atoms with Crippen LogP contribution in [-0.4, -0.2) is 29.6 Å². The largest absolute Gasteiger partial charge is 0.448 e. The number of aryl methyl sites for hydroxylation is 3. The lowest BCUT2D eigenvalue weighted by Gasteiger charge is -2.18. The van der Waals surface area contributed by atoms with Crippen molar-refractivity contribution in [3.63, 3.8) is 0 Å². The Kier molecular flexibility index (Phi) is 5.33. The minimum absolute atomic E-state index is 0.108. The van der Waals surface area contributed by atoms with Crippen molar-refractivity contribution in [1.82, 2.24) is 5.43 Å². The van der Waals surface area contributed by atoms with Gasteiger partial charge in [0.25, 0.3) is 5.91 Å². The monoisotopic (exact) mass is 331 g/mol. The molecule has 0 radical (unpaired) electrons. The molecule has 0 saturated carbocycles. The molecule has 128 valence electrons. The molecule has 0 spiro atoms. The summed E-state index contributed by atoms with van der Waals surface area (Å²) in [6.45, 7) is 7.30. The van der Waals surface area contributed by atoms with Crippen LogP contribution in [0.5, 0.6) is 0 Å². The van der Waals surface area contributed by atoms with E-state index in [1.807, 2.05) is 32.9 Å². The molecule has 0 aromatic heterocycles. The molecule has 0 saturated heterocycles. The molecule has 1 heterocycles. The second-order valence-corrected chi connectivity index (χ2v) is 5.90. The number of anilines is 1. The number of hydrogen-bond acceptors (Lipinski definition) is 5. The first-order valence-electron chi connectivity index (χ1n) is 7.73. The molecule has 2 rings (SSSR count). The fourth-order valence-electron chi connectivity index (χ4n) is 2.51. The summed E-state index contributed by atoms with van der Waals surface area (Å²) < 4.78 is 5.13. The molecule has 0 unspecified atom stereocenters. The number of nitrogens with zero attached hydrogens (tertiary/aromatic N) is 1. The Morgan fingerprint density at radius 2 is 1.83 bits per heavy atom. The van der Waals surface area contributed by atoms with Crippen LogP contribution in [0.4, 0.5) is 5.69 Å². The van der Waals surface area contributed by atoms with Crippen molar-refractivity contribution in [2.45, 2.75) is 46.6 Å². The molecule has 24 heavy (non-hydrogen) atoms. The Bertz CT molecular complexity index is 702. The number of rotatable bonds is 4. The molecule has 1 aromatic carbocycles. The van der Waals surface area contributed by atoms with E-state index in [4.69, 9.17) is 4.74 Å². The van der Waals surface area contributed by atoms with Crippen molar-refractivity contribution in [2.24, 2.45) is 5.10 Å². The molecule has 1 aliphatic rings. The molecule has 1 aliphatic heterocycles. The van der Waals surface area contributed by atoms with Crippen LogP contribution in [0.1, 0.15) is 36.5 Å². The Balaban J connectivity index is 2.00. The Labute approximate surface area is 140 Å². The van der Waals surface area contributed by atoms with Crippen LogP contribution in [0.3, 0.4) is 0 Å². The second kappa shape index (κ2) is 7.25. The lowest BCUT2D eigenvalue weighted by Crippen LogP contribution is -2.36. The average molecular weight is 331 g/mol. The van der Waals surface area contributed by atoms with E-state index in [1.54, 1.807) is 0 Å². The van der Waals surface area contributed by atoms with E-state index in [0.29, 0.717) is 0 Å². The average Bonchev–Trinajstić information content (AvgIpc) is 2.51. The zero-order chi connectivity index (χ0) is 17.9. The first-order chi connectivity index (χ1) is 11.3. The molecule has 0 fully saturated rings. The number of amides is 2. The predicted octanol–water partition coefficient (Wildman–Crippen LogP) is 1.75. The number of nitrogens with one attached hydrogen (secondary N) is 2. The van der Waals surface area contributed by atoms with E-state index >= 15 is 0 Å². The second-order valence-electron chi connectivity index (χ2n) is 5.90. The Morgan fingerprint density at radius 3 is 2.38 bits per heavy atom. The van der Waals surface area contributed by atoms with E-state index in [0.717, 1.165) is 22.4 Å². The molecule has 1 aromatic rings. The van der Waals surface area contributed by atoms with Crippen LogP contribution in [0.2, 0.25) is 0 Å². The highest BCUT2D eigenvalue weighted by Crippen LogP contribution is 2.22. The standard InChI is InChI=1S/C17H21N3O4/c1-9-7-10(2)15(11(3)8-9)18-16(22)12(4)24-17(23)13-5-6-14(21)20-19-13/h7-8,12H,5-6H2,1-4H3,(H,18,22)(H,20,21)/t12-/m1/s1. The van der Waals surface area contributed by atoms with Gasteiger partial charge in [0.15, 0.2) is 6.10 Å². The fraction of sp³-hybridized carbons (Fsp3) is 0.412. The normalized spacial score (nSPS) is 15.2. The molecule has 1 atom stereocenters. The maximum absolute atomic E-state index is 12.3. The number of ether oxygens (including phenoxy) is 1. The first kappa shape index (κ1) is 17.7. The van der Waals surface area contributed by atoms with Gasteiger partial charge in [0.05, 0.1) is 0 Å². The van der Waals surface area contributed by atoms with Gasteiger partial charge in [0.2, 0.25) is 5.91 Å². The van der Waals surface area contributed by atoms with Crippen LogP contribution >= 0.6 is 0 Å². The minimum Gasteiger partial charge on any atom is -0.448 e. The Hall–Kier alpha value is -2.70. The molecule has 0 bridgehead atoms. The zero-order valence-electron chi connectivity index (χ0n) is 14.2. The van der Waals surface area contributed by atoms with Crippen molar-refractivity contribution in [3.8, 4) is 0 Å². The highest BCUT2D eigenvalue weighted by atomic mass is 16.5. The lowest BCUT2D eigenvalue weighted by molar-refractivity contribution is -0.146. The lowest BCUT2D eigenvalue weighted by atomic mass is 10.0. The van der Waals surface area contributed by atoms with Gasteiger partial charge < -0.3 is 10.1 Å². The van der Waals surface area contributed by atoms with Gasteiger partial charge in [-0.05, 0) is 38.8 Å². The molecule has 0 aliphatic carbocycles. The first-order valence-corrected chi connectivity index (χ1v) is 7.73. The highest BCUT2D eigenvalue weighted by Gasteiger charge is 2.24. The van der Waals surface area contributed by atoms with Gasteiger partial charge >= 0.3 is 5.97 Å². The van der Waals surface area contributed by atoms with Crippen LogP contribution in [0, 0.1) is 20.8 Å². The summed E-state index contributed by atoms with van der Waals surface area (Å²) in [4.78, 5) is 35.3. The van der Waals surface area contributed by atoms with Crippen LogP contribution in [0.25, 0.3) is 0 Å². The maximum atomic E-state index is 12.3. The van der Waals surface area contributed by atoms with E-state index in [1.165, 1.54) is 6.92 Å². The zero-order valence-corrected chi connectivity index (χ0v) is 14.2. The summed E-state index contributed by atoms with van der Waals surface area (Å²) in [5.74, 6) is -1.36. The number of carbonyl (C=O) groups is 3. The summed E-state index contributed by atoms with van der Waals surface area (Å²) in [7, 11) is 0. The number of hydrogen-bond donors (Lipinski definition) is 2. The number of esters is 1. The molecular weight excluding hydrogens is 310 g/mol. The highest BCUT2D eigenvalue weighted by molar-refractivity contribution is 6.37. The van der Waals surface area contributed by atoms with Crippen LogP contribution < -0.4 is 10.7 Å². The van der Waals surface area contributed by atoms with Gasteiger partial charge in [-0.3, -0.25) is 9.59 Å². The van der Waals surface area contributed by atoms with Gasteiger partial charge in [0, 0.05) is 18.5 Å². The van der Waals surface area contributed by atoms with E-state index in [9.17, 15) is 14.4 Å². The molecule has 7 heteroatoms. The van der Waals surface area contributed by atoms with Gasteiger partial charge in [-0.1, -0.05) is 17.7 Å². The summed E-state index contributed by atoms with van der Waals surface area (Å²) in [5, 5.41) is 6.45. The van der Waals surface area contributed by atoms with Crippen molar-refractivity contribution in [2.75, 3.05) is 5.32 Å². The van der Waals surface area contributed by atoms with Gasteiger partial charge in [-0.2, -0.15) is 5.10 Å². The predicted molar refractivity (Wildman–Crippen MR) is 89.6 cm³/mol. The van der Waals surface area contributed by atoms with Crippen LogP contribution in [0.15, 0.2) is 17.2 Å². The summed E-state index contributed by atoms with van der Waals surface area (Å²) >= 11 is 0. The number of carbonyl (C=O) groups excluding carboxylic acids is 3. The van der Waals surface area contributed by atoms with Crippen molar-refractivity contribution in [3.05, 3.63) is 28.8 Å². The molecular formula is C17H21N3O4. The van der Waals surface area contributed by atoms with Crippen molar-refractivity contribution < 1.29 is 19.1 Å². The van der Waals surface area contributed by atoms with Gasteiger partial charge in [-0.15, -0.1) is 0 Å². The molecule has 2 amide bonds. The SMILES string of the molecule is Cc1cc(C)c(NC(=O)[C@@H](C)OC(=O)C2=NNC(=O)CC2)c(C)c1. The van der Waals surface area contributed by atoms with E-state index in [-0.39, 0.29) is 24.5 Å². The van der Waals surface area contributed by atoms with Crippen molar-refractivity contribution >= 4 is 29.2 Å². The fourth-order valence-corrected chi connectivity index (χ4v) is 2.51. The third-order valence-electron chi connectivity index (χ3n) is 3.72. The third kappa shape index (κ3) is 4.18. The summed E-state index contributed by atoms with van der Waals surface area (Å²) in [6, 6.07) is 3.94. The molecule has 2 N–H and O–H groups in total. The van der Waals surface area contributed by atoms with E-state index < -0.39 is 18.0 Å². The molecule has 7 nitrogen and oxygen atoms in total. The third-order valence-corrected chi connectivity index (χ3v) is 3.72. The van der Waals surface area contributed by atoms with E-state index in [2.05, 4.69) is 15.8 Å². The van der Waals surface area contributed by atoms with Crippen molar-refractivity contribution in [1.29, 1.82) is 0 Å². The number of hydrazone groups is 1. The smallest absolute Gasteiger partial charge is 0.355 e. The quantitative estimate of drug-likeness (QED) is 0.821. The maximum Gasteiger partial charge on any atom is 0.355 e. The Morgan fingerprint density at radius 1 is 1.21 bits per heavy atom. The minimum atomic E-state index is -0.974.